The second kappa shape index (κ2) is 7.75. The number of phenols is 1. The molecule has 0 saturated carbocycles. The first-order valence-corrected chi connectivity index (χ1v) is 10.5. The van der Waals surface area contributed by atoms with Crippen molar-refractivity contribution in [1.82, 2.24) is 5.16 Å². The number of benzene rings is 2. The van der Waals surface area contributed by atoms with Gasteiger partial charge in [-0.05, 0) is 43.0 Å². The summed E-state index contributed by atoms with van der Waals surface area (Å²) in [5, 5.41) is 17.4. The average molecular weight is 432 g/mol. The highest BCUT2D eigenvalue weighted by Crippen LogP contribution is 2.50. The molecule has 3 aromatic rings. The number of hydrogen-bond acceptors (Lipinski definition) is 7. The molecule has 2 heterocycles. The molecule has 2 aromatic carbocycles. The number of ether oxygens (including phenoxy) is 2. The van der Waals surface area contributed by atoms with Gasteiger partial charge >= 0.3 is 0 Å². The number of methoxy groups -OCH3 is 2. The number of para-hydroxylation sites is 1. The third-order valence-corrected chi connectivity index (χ3v) is 6.38. The van der Waals surface area contributed by atoms with Crippen molar-refractivity contribution in [2.45, 2.75) is 31.6 Å². The molecule has 32 heavy (non-hydrogen) atoms. The summed E-state index contributed by atoms with van der Waals surface area (Å²) in [6.07, 6.45) is 0.986. The summed E-state index contributed by atoms with van der Waals surface area (Å²) in [4.78, 5) is 13.6. The first-order valence-electron chi connectivity index (χ1n) is 10.5. The minimum Gasteiger partial charge on any atom is -0.504 e. The molecule has 0 amide bonds. The average Bonchev–Trinajstić information content (AvgIpc) is 3.18. The number of allylic oxidation sites excluding steroid dienone is 2. The lowest BCUT2D eigenvalue weighted by atomic mass is 9.72. The minimum atomic E-state index is -0.313. The van der Waals surface area contributed by atoms with Gasteiger partial charge in [0.15, 0.2) is 17.3 Å². The SMILES string of the molecule is COc1cc([C@@H]2CC(=O)C3=C(C2)Nc2onc(C)c2[C@@H]3c2ccccc2OC)ccc1O. The van der Waals surface area contributed by atoms with Gasteiger partial charge in [-0.1, -0.05) is 29.4 Å². The molecule has 7 heteroatoms. The summed E-state index contributed by atoms with van der Waals surface area (Å²) in [6.45, 7) is 1.89. The second-order valence-electron chi connectivity index (χ2n) is 8.16. The number of nitrogens with zero attached hydrogens (tertiary/aromatic N) is 1. The van der Waals surface area contributed by atoms with Crippen molar-refractivity contribution in [3.8, 4) is 17.2 Å². The van der Waals surface area contributed by atoms with E-state index in [1.54, 1.807) is 19.2 Å². The first kappa shape index (κ1) is 20.2. The van der Waals surface area contributed by atoms with Gasteiger partial charge in [0.25, 0.3) is 0 Å². The van der Waals surface area contributed by atoms with Crippen molar-refractivity contribution in [3.05, 3.63) is 76.1 Å². The molecule has 0 unspecified atom stereocenters. The third-order valence-electron chi connectivity index (χ3n) is 6.38. The molecule has 1 aliphatic carbocycles. The number of hydrogen-bond donors (Lipinski definition) is 2. The van der Waals surface area contributed by atoms with Crippen LogP contribution in [0.15, 0.2) is 58.3 Å². The molecular weight excluding hydrogens is 408 g/mol. The monoisotopic (exact) mass is 432 g/mol. The smallest absolute Gasteiger partial charge is 0.233 e. The molecule has 2 atom stereocenters. The van der Waals surface area contributed by atoms with E-state index in [-0.39, 0.29) is 23.4 Å². The van der Waals surface area contributed by atoms with Gasteiger partial charge in [0.1, 0.15) is 5.75 Å². The summed E-state index contributed by atoms with van der Waals surface area (Å²) in [7, 11) is 3.15. The highest BCUT2D eigenvalue weighted by Gasteiger charge is 2.42. The maximum Gasteiger partial charge on any atom is 0.233 e. The van der Waals surface area contributed by atoms with E-state index in [0.717, 1.165) is 39.4 Å². The quantitative estimate of drug-likeness (QED) is 0.619. The fourth-order valence-electron chi connectivity index (χ4n) is 4.87. The number of aromatic nitrogens is 1. The Kier molecular flexibility index (Phi) is 4.89. The maximum atomic E-state index is 13.6. The summed E-state index contributed by atoms with van der Waals surface area (Å²) in [5.74, 6) is 1.46. The molecule has 1 aliphatic heterocycles. The van der Waals surface area contributed by atoms with Crippen molar-refractivity contribution in [3.63, 3.8) is 0 Å². The summed E-state index contributed by atoms with van der Waals surface area (Å²) >= 11 is 0. The van der Waals surface area contributed by atoms with E-state index in [9.17, 15) is 9.90 Å². The Morgan fingerprint density at radius 1 is 1.09 bits per heavy atom. The zero-order valence-corrected chi connectivity index (χ0v) is 18.1. The molecule has 2 aliphatic rings. The Labute approximate surface area is 185 Å². The third kappa shape index (κ3) is 3.12. The highest BCUT2D eigenvalue weighted by atomic mass is 16.5. The summed E-state index contributed by atoms with van der Waals surface area (Å²) in [6, 6.07) is 13.0. The van der Waals surface area contributed by atoms with Crippen LogP contribution in [-0.2, 0) is 4.79 Å². The van der Waals surface area contributed by atoms with Gasteiger partial charge in [-0.2, -0.15) is 0 Å². The Hall–Kier alpha value is -3.74. The maximum absolute atomic E-state index is 13.6. The number of aromatic hydroxyl groups is 1. The van der Waals surface area contributed by atoms with Crippen LogP contribution in [0.5, 0.6) is 17.2 Å². The molecule has 164 valence electrons. The Morgan fingerprint density at radius 2 is 1.88 bits per heavy atom. The van der Waals surface area contributed by atoms with Crippen LogP contribution in [0, 0.1) is 6.92 Å². The molecular formula is C25H24N2O5. The highest BCUT2D eigenvalue weighted by molar-refractivity contribution is 6.01. The van der Waals surface area contributed by atoms with Gasteiger partial charge in [0.2, 0.25) is 5.88 Å². The van der Waals surface area contributed by atoms with Gasteiger partial charge in [-0.15, -0.1) is 0 Å². The number of carbonyl (C=O) groups is 1. The minimum absolute atomic E-state index is 0.0489. The molecule has 0 bridgehead atoms. The van der Waals surface area contributed by atoms with Crippen LogP contribution in [0.2, 0.25) is 0 Å². The van der Waals surface area contributed by atoms with Crippen LogP contribution in [-0.4, -0.2) is 30.3 Å². The largest absolute Gasteiger partial charge is 0.504 e. The van der Waals surface area contributed by atoms with E-state index in [1.165, 1.54) is 7.11 Å². The number of carbonyl (C=O) groups excluding carboxylic acids is 1. The van der Waals surface area contributed by atoms with Gasteiger partial charge in [-0.25, -0.2) is 0 Å². The van der Waals surface area contributed by atoms with Crippen LogP contribution < -0.4 is 14.8 Å². The molecule has 2 N–H and O–H groups in total. The predicted octanol–water partition coefficient (Wildman–Crippen LogP) is 4.66. The standard InChI is InChI=1S/C25H24N2O5/c1-13-22-23(16-6-4-5-7-20(16)30-2)24-17(26-25(22)32-27-13)10-15(11-19(24)29)14-8-9-18(28)21(12-14)31-3/h4-9,12,15,23,26,28H,10-11H2,1-3H3/t15-,23-/m0/s1. The number of Topliss-reactive ketones (excluding diaryl/α,β-unsaturated/α-hetero) is 1. The number of aryl methyl sites for hydroxylation is 1. The number of fused-ring (bicyclic) bond motifs is 1. The number of nitrogens with one attached hydrogen (secondary N) is 1. The molecule has 7 nitrogen and oxygen atoms in total. The van der Waals surface area contributed by atoms with Crippen LogP contribution in [0.3, 0.4) is 0 Å². The Bertz CT molecular complexity index is 1240. The number of rotatable bonds is 4. The summed E-state index contributed by atoms with van der Waals surface area (Å²) in [5.41, 5.74) is 5.03. The predicted molar refractivity (Wildman–Crippen MR) is 118 cm³/mol. The summed E-state index contributed by atoms with van der Waals surface area (Å²) < 4.78 is 16.5. The molecule has 0 radical (unpaired) electrons. The zero-order valence-electron chi connectivity index (χ0n) is 18.1. The molecule has 5 rings (SSSR count). The van der Waals surface area contributed by atoms with Gasteiger partial charge in [0.05, 0.1) is 31.4 Å². The van der Waals surface area contributed by atoms with E-state index < -0.39 is 0 Å². The van der Waals surface area contributed by atoms with E-state index in [0.29, 0.717) is 24.5 Å². The molecule has 1 aromatic heterocycles. The zero-order chi connectivity index (χ0) is 22.4. The van der Waals surface area contributed by atoms with Crippen molar-refractivity contribution in [2.24, 2.45) is 0 Å². The topological polar surface area (TPSA) is 93.8 Å². The van der Waals surface area contributed by atoms with Crippen LogP contribution >= 0.6 is 0 Å². The fraction of sp³-hybridized carbons (Fsp3) is 0.280. The van der Waals surface area contributed by atoms with E-state index in [1.807, 2.05) is 37.3 Å². The lowest BCUT2D eigenvalue weighted by Gasteiger charge is -2.35. The molecule has 0 saturated heterocycles. The number of phenolic OH excluding ortho intramolecular Hbond substituents is 1. The normalized spacial score (nSPS) is 19.8. The lowest BCUT2D eigenvalue weighted by molar-refractivity contribution is -0.116. The van der Waals surface area contributed by atoms with Crippen molar-refractivity contribution in [2.75, 3.05) is 19.5 Å². The van der Waals surface area contributed by atoms with Gasteiger partial charge in [-0.3, -0.25) is 4.79 Å². The lowest BCUT2D eigenvalue weighted by Crippen LogP contribution is -2.29. The molecule has 0 spiro atoms. The van der Waals surface area contributed by atoms with Gasteiger partial charge < -0.3 is 24.4 Å². The Balaban J connectivity index is 1.62. The number of ketones is 1. The molecule has 0 fully saturated rings. The first-order chi connectivity index (χ1) is 15.5. The van der Waals surface area contributed by atoms with Crippen molar-refractivity contribution < 1.29 is 23.9 Å². The Morgan fingerprint density at radius 3 is 2.66 bits per heavy atom. The van der Waals surface area contributed by atoms with E-state index in [2.05, 4.69) is 10.5 Å². The van der Waals surface area contributed by atoms with Gasteiger partial charge in [0, 0.05) is 23.3 Å². The van der Waals surface area contributed by atoms with E-state index in [4.69, 9.17) is 14.0 Å². The fourth-order valence-corrected chi connectivity index (χ4v) is 4.87. The van der Waals surface area contributed by atoms with Crippen LogP contribution in [0.25, 0.3) is 0 Å². The van der Waals surface area contributed by atoms with Crippen LogP contribution in [0.4, 0.5) is 5.88 Å². The van der Waals surface area contributed by atoms with E-state index >= 15 is 0 Å². The second-order valence-corrected chi connectivity index (χ2v) is 8.16. The number of anilines is 1. The van der Waals surface area contributed by atoms with Crippen molar-refractivity contribution >= 4 is 11.7 Å². The van der Waals surface area contributed by atoms with Crippen LogP contribution in [0.1, 0.15) is 47.1 Å². The van der Waals surface area contributed by atoms with Crippen molar-refractivity contribution in [1.29, 1.82) is 0 Å².